The molecule has 5 heteroatoms. The van der Waals surface area contributed by atoms with Gasteiger partial charge in [-0.25, -0.2) is 0 Å². The van der Waals surface area contributed by atoms with Crippen molar-refractivity contribution in [1.82, 2.24) is 5.32 Å². The Morgan fingerprint density at radius 1 is 1.47 bits per heavy atom. The maximum Gasteiger partial charge on any atom is 0.220 e. The molecule has 0 bridgehead atoms. The molecule has 0 radical (unpaired) electrons. The first-order valence-corrected chi connectivity index (χ1v) is 5.92. The van der Waals surface area contributed by atoms with Crippen LogP contribution in [0.25, 0.3) is 0 Å². The molecule has 1 rings (SSSR count). The predicted molar refractivity (Wildman–Crippen MR) is 71.3 cm³/mol. The van der Waals surface area contributed by atoms with Crippen LogP contribution in [0.15, 0.2) is 0 Å². The van der Waals surface area contributed by atoms with Gasteiger partial charge < -0.3 is 15.8 Å². The van der Waals surface area contributed by atoms with Gasteiger partial charge in [-0.1, -0.05) is 13.8 Å². The third-order valence-corrected chi connectivity index (χ3v) is 4.22. The van der Waals surface area contributed by atoms with E-state index in [0.29, 0.717) is 13.0 Å². The number of hydrogen-bond acceptors (Lipinski definition) is 3. The Balaban J connectivity index is 0.00000256. The lowest BCUT2D eigenvalue weighted by atomic mass is 9.56. The molecule has 2 unspecified atom stereocenters. The van der Waals surface area contributed by atoms with E-state index in [1.807, 2.05) is 0 Å². The van der Waals surface area contributed by atoms with Gasteiger partial charge in [0.2, 0.25) is 5.91 Å². The molecular weight excluding hydrogens is 240 g/mol. The number of carbonyl (C=O) groups is 1. The van der Waals surface area contributed by atoms with Gasteiger partial charge in [0.05, 0.1) is 5.60 Å². The second-order valence-electron chi connectivity index (χ2n) is 5.37. The predicted octanol–water partition coefficient (Wildman–Crippen LogP) is 1.47. The van der Waals surface area contributed by atoms with Gasteiger partial charge in [0.15, 0.2) is 0 Å². The number of nitrogens with two attached hydrogens (primary N) is 1. The maximum atomic E-state index is 11.6. The van der Waals surface area contributed by atoms with Crippen LogP contribution in [0.5, 0.6) is 0 Å². The first-order valence-electron chi connectivity index (χ1n) is 5.92. The van der Waals surface area contributed by atoms with Gasteiger partial charge >= 0.3 is 0 Å². The smallest absolute Gasteiger partial charge is 0.220 e. The van der Waals surface area contributed by atoms with E-state index in [2.05, 4.69) is 26.1 Å². The zero-order valence-electron chi connectivity index (χ0n) is 11.2. The van der Waals surface area contributed by atoms with Crippen molar-refractivity contribution >= 4 is 18.3 Å². The Hall–Kier alpha value is -0.320. The van der Waals surface area contributed by atoms with Crippen molar-refractivity contribution in [2.24, 2.45) is 11.1 Å². The van der Waals surface area contributed by atoms with Gasteiger partial charge in [0, 0.05) is 25.0 Å². The van der Waals surface area contributed by atoms with E-state index in [-0.39, 0.29) is 35.4 Å². The van der Waals surface area contributed by atoms with E-state index < -0.39 is 0 Å². The van der Waals surface area contributed by atoms with Crippen molar-refractivity contribution in [2.75, 3.05) is 13.7 Å². The van der Waals surface area contributed by atoms with Crippen molar-refractivity contribution in [3.63, 3.8) is 0 Å². The minimum absolute atomic E-state index is 0. The number of halogens is 1. The normalized spacial score (nSPS) is 30.1. The summed E-state index contributed by atoms with van der Waals surface area (Å²) in [5, 5.41) is 3.06. The monoisotopic (exact) mass is 264 g/mol. The van der Waals surface area contributed by atoms with Crippen molar-refractivity contribution in [1.29, 1.82) is 0 Å². The van der Waals surface area contributed by atoms with Crippen LogP contribution < -0.4 is 11.1 Å². The summed E-state index contributed by atoms with van der Waals surface area (Å²) in [5.41, 5.74) is 5.23. The van der Waals surface area contributed by atoms with Crippen LogP contribution in [0.2, 0.25) is 0 Å². The van der Waals surface area contributed by atoms with E-state index in [4.69, 9.17) is 10.5 Å². The fourth-order valence-corrected chi connectivity index (χ4v) is 2.25. The highest BCUT2D eigenvalue weighted by Crippen LogP contribution is 2.51. The molecule has 1 aliphatic carbocycles. The molecule has 0 heterocycles. The fraction of sp³-hybridized carbons (Fsp3) is 0.917. The van der Waals surface area contributed by atoms with Crippen LogP contribution in [-0.4, -0.2) is 31.2 Å². The standard InChI is InChI=1S/C12H24N2O2.ClH/c1-11(2)9(8-12(11,3)16-4)14-10(15)6-5-7-13;/h9H,5-8,13H2,1-4H3,(H,14,15);1H. The molecule has 0 aromatic heterocycles. The average molecular weight is 265 g/mol. The van der Waals surface area contributed by atoms with Crippen LogP contribution in [0, 0.1) is 5.41 Å². The largest absolute Gasteiger partial charge is 0.378 e. The molecular formula is C12H25ClN2O2. The lowest BCUT2D eigenvalue weighted by molar-refractivity contribution is -0.182. The van der Waals surface area contributed by atoms with Gasteiger partial charge in [-0.05, 0) is 26.3 Å². The Labute approximate surface area is 110 Å². The van der Waals surface area contributed by atoms with Gasteiger partial charge in [0.1, 0.15) is 0 Å². The fourth-order valence-electron chi connectivity index (χ4n) is 2.25. The lowest BCUT2D eigenvalue weighted by Gasteiger charge is -2.59. The summed E-state index contributed by atoms with van der Waals surface area (Å²) in [6.45, 7) is 6.93. The number of rotatable bonds is 5. The first kappa shape index (κ1) is 16.7. The minimum Gasteiger partial charge on any atom is -0.378 e. The molecule has 4 nitrogen and oxygen atoms in total. The zero-order chi connectivity index (χ0) is 12.4. The second kappa shape index (κ2) is 6.03. The summed E-state index contributed by atoms with van der Waals surface area (Å²) in [4.78, 5) is 11.6. The van der Waals surface area contributed by atoms with Crippen molar-refractivity contribution in [3.8, 4) is 0 Å². The summed E-state index contributed by atoms with van der Waals surface area (Å²) >= 11 is 0. The number of methoxy groups -OCH3 is 1. The zero-order valence-corrected chi connectivity index (χ0v) is 12.0. The van der Waals surface area contributed by atoms with Crippen LogP contribution in [-0.2, 0) is 9.53 Å². The molecule has 0 aliphatic heterocycles. The molecule has 0 aromatic carbocycles. The molecule has 0 spiro atoms. The average Bonchev–Trinajstić information content (AvgIpc) is 2.25. The molecule has 1 amide bonds. The van der Waals surface area contributed by atoms with E-state index in [9.17, 15) is 4.79 Å². The van der Waals surface area contributed by atoms with E-state index in [0.717, 1.165) is 12.8 Å². The van der Waals surface area contributed by atoms with Crippen LogP contribution in [0.1, 0.15) is 40.0 Å². The quantitative estimate of drug-likeness (QED) is 0.790. The topological polar surface area (TPSA) is 64.3 Å². The SMILES string of the molecule is COC1(C)CC(NC(=O)CCCN)C1(C)C.Cl. The molecule has 1 saturated carbocycles. The van der Waals surface area contributed by atoms with Crippen molar-refractivity contribution in [3.05, 3.63) is 0 Å². The van der Waals surface area contributed by atoms with E-state index >= 15 is 0 Å². The summed E-state index contributed by atoms with van der Waals surface area (Å²) in [5.74, 6) is 0.0988. The van der Waals surface area contributed by atoms with Crippen molar-refractivity contribution in [2.45, 2.75) is 51.7 Å². The van der Waals surface area contributed by atoms with E-state index in [1.165, 1.54) is 0 Å². The molecule has 17 heavy (non-hydrogen) atoms. The maximum absolute atomic E-state index is 11.6. The third-order valence-electron chi connectivity index (χ3n) is 4.22. The molecule has 0 aromatic rings. The minimum atomic E-state index is -0.126. The number of ether oxygens (including phenoxy) is 1. The number of amides is 1. The number of hydrogen-bond donors (Lipinski definition) is 2. The summed E-state index contributed by atoms with van der Waals surface area (Å²) in [6.07, 6.45) is 2.15. The summed E-state index contributed by atoms with van der Waals surface area (Å²) < 4.78 is 5.51. The molecule has 2 atom stereocenters. The summed E-state index contributed by atoms with van der Waals surface area (Å²) in [7, 11) is 1.73. The first-order chi connectivity index (χ1) is 7.37. The molecule has 1 aliphatic rings. The van der Waals surface area contributed by atoms with Crippen LogP contribution >= 0.6 is 12.4 Å². The highest BCUT2D eigenvalue weighted by molar-refractivity contribution is 5.85. The highest BCUT2D eigenvalue weighted by Gasteiger charge is 2.58. The molecule has 102 valence electrons. The summed E-state index contributed by atoms with van der Waals surface area (Å²) in [6, 6.07) is 0.211. The molecule has 1 fully saturated rings. The van der Waals surface area contributed by atoms with Gasteiger partial charge in [-0.2, -0.15) is 0 Å². The van der Waals surface area contributed by atoms with Gasteiger partial charge in [-0.15, -0.1) is 12.4 Å². The Morgan fingerprint density at radius 2 is 2.06 bits per heavy atom. The van der Waals surface area contributed by atoms with Gasteiger partial charge in [0.25, 0.3) is 0 Å². The Bertz CT molecular complexity index is 271. The van der Waals surface area contributed by atoms with Crippen LogP contribution in [0.3, 0.4) is 0 Å². The Morgan fingerprint density at radius 3 is 2.47 bits per heavy atom. The Kier molecular flexibility index (Phi) is 5.91. The lowest BCUT2D eigenvalue weighted by Crippen LogP contribution is -2.68. The number of carbonyl (C=O) groups excluding carboxylic acids is 1. The second-order valence-corrected chi connectivity index (χ2v) is 5.37. The van der Waals surface area contributed by atoms with Crippen molar-refractivity contribution < 1.29 is 9.53 Å². The van der Waals surface area contributed by atoms with Gasteiger partial charge in [-0.3, -0.25) is 4.79 Å². The molecule has 3 N–H and O–H groups in total. The number of nitrogens with one attached hydrogen (secondary N) is 1. The van der Waals surface area contributed by atoms with E-state index in [1.54, 1.807) is 7.11 Å². The highest BCUT2D eigenvalue weighted by atomic mass is 35.5. The molecule has 0 saturated heterocycles. The van der Waals surface area contributed by atoms with Crippen LogP contribution in [0.4, 0.5) is 0 Å². The third kappa shape index (κ3) is 3.12.